The van der Waals surface area contributed by atoms with Crippen molar-refractivity contribution in [2.75, 3.05) is 40.9 Å². The second-order valence-corrected chi connectivity index (χ2v) is 16.0. The number of hydrogen-bond donors (Lipinski definition) is 2. The lowest BCUT2D eigenvalue weighted by Crippen LogP contribution is -2.45. The standard InChI is InChI=1S/C39H77N2O6P/c1-6-8-10-12-14-16-18-20-21-22-24-26-28-30-32-38(42)37(36-47-48(44,45)46-35-34-41(3,4)5)40-39(43)33-31-29-27-25-23-19-17-15-13-11-9-7-2/h22,24,30,32,37-38,42H,6-21,23,25-29,31,33-36H2,1-5H3,(H-,40,43,44,45)/b24-22+,32-30+/t37-,38+/m0/s1. The van der Waals surface area contributed by atoms with Gasteiger partial charge in [-0.1, -0.05) is 154 Å². The highest BCUT2D eigenvalue weighted by atomic mass is 31.2. The number of aliphatic hydroxyl groups excluding tert-OH is 1. The van der Waals surface area contributed by atoms with Gasteiger partial charge in [-0.25, -0.2) is 0 Å². The topological polar surface area (TPSA) is 108 Å². The molecule has 0 aliphatic heterocycles. The zero-order chi connectivity index (χ0) is 35.8. The Balaban J connectivity index is 4.57. The molecule has 0 heterocycles. The number of nitrogens with one attached hydrogen (secondary N) is 1. The maximum Gasteiger partial charge on any atom is 0.268 e. The minimum absolute atomic E-state index is 0.00468. The van der Waals surface area contributed by atoms with E-state index in [9.17, 15) is 19.4 Å². The van der Waals surface area contributed by atoms with Gasteiger partial charge in [-0.2, -0.15) is 0 Å². The third-order valence-electron chi connectivity index (χ3n) is 8.66. The summed E-state index contributed by atoms with van der Waals surface area (Å²) < 4.78 is 23.1. The molecular formula is C39H77N2O6P. The number of quaternary nitrogens is 1. The Hall–Kier alpha value is -1.02. The molecule has 0 spiro atoms. The van der Waals surface area contributed by atoms with Crippen LogP contribution in [0.15, 0.2) is 24.3 Å². The number of amides is 1. The number of rotatable bonds is 35. The lowest BCUT2D eigenvalue weighted by molar-refractivity contribution is -0.870. The first-order chi connectivity index (χ1) is 23.0. The van der Waals surface area contributed by atoms with Crippen LogP contribution >= 0.6 is 7.82 Å². The number of aliphatic hydroxyl groups is 1. The van der Waals surface area contributed by atoms with Gasteiger partial charge in [0.2, 0.25) is 5.91 Å². The minimum atomic E-state index is -4.58. The fraction of sp³-hybridized carbons (Fsp3) is 0.872. The molecule has 0 aromatic heterocycles. The van der Waals surface area contributed by atoms with Crippen LogP contribution in [0.3, 0.4) is 0 Å². The molecule has 0 aliphatic rings. The van der Waals surface area contributed by atoms with E-state index in [1.54, 1.807) is 6.08 Å². The Labute approximate surface area is 296 Å². The Morgan fingerprint density at radius 1 is 0.708 bits per heavy atom. The number of nitrogens with zero attached hydrogens (tertiary/aromatic N) is 1. The van der Waals surface area contributed by atoms with E-state index >= 15 is 0 Å². The quantitative estimate of drug-likeness (QED) is 0.0295. The van der Waals surface area contributed by atoms with E-state index in [1.165, 1.54) is 109 Å². The summed E-state index contributed by atoms with van der Waals surface area (Å²) in [5.41, 5.74) is 0. The Morgan fingerprint density at radius 2 is 1.17 bits per heavy atom. The van der Waals surface area contributed by atoms with Crippen LogP contribution in [0.5, 0.6) is 0 Å². The molecule has 3 atom stereocenters. The van der Waals surface area contributed by atoms with E-state index in [4.69, 9.17) is 9.05 Å². The number of allylic oxidation sites excluding steroid dienone is 3. The zero-order valence-corrected chi connectivity index (χ0v) is 32.8. The fourth-order valence-electron chi connectivity index (χ4n) is 5.46. The molecule has 0 radical (unpaired) electrons. The molecule has 2 N–H and O–H groups in total. The van der Waals surface area contributed by atoms with Crippen LogP contribution in [-0.2, 0) is 18.4 Å². The van der Waals surface area contributed by atoms with Crippen LogP contribution in [-0.4, -0.2) is 68.5 Å². The van der Waals surface area contributed by atoms with Crippen molar-refractivity contribution in [1.29, 1.82) is 0 Å². The predicted octanol–water partition coefficient (Wildman–Crippen LogP) is 9.55. The normalized spacial score (nSPS) is 14.9. The van der Waals surface area contributed by atoms with Gasteiger partial charge in [-0.3, -0.25) is 9.36 Å². The molecule has 0 aliphatic carbocycles. The van der Waals surface area contributed by atoms with Crippen molar-refractivity contribution in [3.8, 4) is 0 Å². The molecule has 8 nitrogen and oxygen atoms in total. The molecule has 0 saturated heterocycles. The van der Waals surface area contributed by atoms with Gasteiger partial charge in [0.05, 0.1) is 39.9 Å². The first-order valence-corrected chi connectivity index (χ1v) is 21.2. The van der Waals surface area contributed by atoms with Crippen molar-refractivity contribution < 1.29 is 32.9 Å². The molecule has 0 saturated carbocycles. The van der Waals surface area contributed by atoms with Crippen molar-refractivity contribution in [3.63, 3.8) is 0 Å². The number of likely N-dealkylation sites (N-methyl/N-ethyl adjacent to an activating group) is 1. The summed E-state index contributed by atoms with van der Waals surface area (Å²) in [5, 5.41) is 13.7. The van der Waals surface area contributed by atoms with E-state index in [0.717, 1.165) is 38.5 Å². The number of phosphoric ester groups is 1. The summed E-state index contributed by atoms with van der Waals surface area (Å²) >= 11 is 0. The van der Waals surface area contributed by atoms with Crippen LogP contribution in [0.2, 0.25) is 0 Å². The van der Waals surface area contributed by atoms with E-state index in [0.29, 0.717) is 17.4 Å². The molecule has 0 bridgehead atoms. The average molecular weight is 701 g/mol. The SMILES string of the molecule is CCCCCCCCCC/C=C/CC/C=C/[C@@H](O)[C@H](COP(=O)([O-])OCC[N+](C)(C)C)NC(=O)CCCCCCCCCCCCCC. The van der Waals surface area contributed by atoms with Crippen molar-refractivity contribution in [2.24, 2.45) is 0 Å². The predicted molar refractivity (Wildman–Crippen MR) is 201 cm³/mol. The fourth-order valence-corrected chi connectivity index (χ4v) is 6.18. The molecule has 0 aromatic rings. The summed E-state index contributed by atoms with van der Waals surface area (Å²) in [6, 6.07) is -0.895. The monoisotopic (exact) mass is 701 g/mol. The summed E-state index contributed by atoms with van der Waals surface area (Å²) in [6.45, 7) is 4.59. The first kappa shape index (κ1) is 47.0. The van der Waals surface area contributed by atoms with Gasteiger partial charge in [0.15, 0.2) is 0 Å². The molecule has 0 rings (SSSR count). The summed E-state index contributed by atoms with van der Waals surface area (Å²) in [6.07, 6.45) is 35.0. The Morgan fingerprint density at radius 3 is 1.69 bits per heavy atom. The van der Waals surface area contributed by atoms with Crippen molar-refractivity contribution in [2.45, 2.75) is 180 Å². The first-order valence-electron chi connectivity index (χ1n) is 19.7. The zero-order valence-electron chi connectivity index (χ0n) is 31.9. The van der Waals surface area contributed by atoms with Crippen LogP contribution < -0.4 is 10.2 Å². The van der Waals surface area contributed by atoms with Crippen molar-refractivity contribution in [3.05, 3.63) is 24.3 Å². The van der Waals surface area contributed by atoms with Gasteiger partial charge in [0, 0.05) is 6.42 Å². The van der Waals surface area contributed by atoms with Crippen LogP contribution in [0, 0.1) is 0 Å². The van der Waals surface area contributed by atoms with E-state index in [-0.39, 0.29) is 19.1 Å². The molecule has 1 amide bonds. The van der Waals surface area contributed by atoms with Crippen LogP contribution in [0.4, 0.5) is 0 Å². The molecule has 1 unspecified atom stereocenters. The van der Waals surface area contributed by atoms with Crippen molar-refractivity contribution >= 4 is 13.7 Å². The van der Waals surface area contributed by atoms with Gasteiger partial charge in [0.25, 0.3) is 7.82 Å². The maximum absolute atomic E-state index is 12.8. The van der Waals surface area contributed by atoms with E-state index in [2.05, 4.69) is 31.3 Å². The number of unbranched alkanes of at least 4 members (excludes halogenated alkanes) is 20. The lowest BCUT2D eigenvalue weighted by atomic mass is 10.0. The van der Waals surface area contributed by atoms with Gasteiger partial charge < -0.3 is 28.8 Å². The Kier molecular flexibility index (Phi) is 31.2. The van der Waals surface area contributed by atoms with Gasteiger partial charge in [0.1, 0.15) is 13.2 Å². The summed E-state index contributed by atoms with van der Waals surface area (Å²) in [5.74, 6) is -0.210. The highest BCUT2D eigenvalue weighted by molar-refractivity contribution is 7.45. The smallest absolute Gasteiger partial charge is 0.268 e. The van der Waals surface area contributed by atoms with Gasteiger partial charge in [-0.05, 0) is 32.1 Å². The highest BCUT2D eigenvalue weighted by Gasteiger charge is 2.23. The molecule has 0 fully saturated rings. The number of phosphoric acid groups is 1. The van der Waals surface area contributed by atoms with Crippen LogP contribution in [0.1, 0.15) is 168 Å². The Bertz CT molecular complexity index is 845. The number of hydrogen-bond acceptors (Lipinski definition) is 6. The van der Waals surface area contributed by atoms with Crippen molar-refractivity contribution in [1.82, 2.24) is 5.32 Å². The second-order valence-electron chi connectivity index (χ2n) is 14.6. The van der Waals surface area contributed by atoms with Gasteiger partial charge in [-0.15, -0.1) is 0 Å². The molecule has 9 heteroatoms. The lowest BCUT2D eigenvalue weighted by Gasteiger charge is -2.29. The maximum atomic E-state index is 12.8. The number of carbonyl (C=O) groups excluding carboxylic acids is 1. The number of carbonyl (C=O) groups is 1. The largest absolute Gasteiger partial charge is 0.756 e. The van der Waals surface area contributed by atoms with Crippen LogP contribution in [0.25, 0.3) is 0 Å². The second kappa shape index (κ2) is 31.9. The highest BCUT2D eigenvalue weighted by Crippen LogP contribution is 2.38. The van der Waals surface area contributed by atoms with E-state index < -0.39 is 20.0 Å². The minimum Gasteiger partial charge on any atom is -0.756 e. The molecule has 284 valence electrons. The van der Waals surface area contributed by atoms with Gasteiger partial charge >= 0.3 is 0 Å². The average Bonchev–Trinajstić information content (AvgIpc) is 3.02. The molecule has 0 aromatic carbocycles. The van der Waals surface area contributed by atoms with E-state index in [1.807, 2.05) is 27.2 Å². The molecule has 48 heavy (non-hydrogen) atoms. The molecular weight excluding hydrogens is 623 g/mol. The third-order valence-corrected chi connectivity index (χ3v) is 9.63. The summed E-state index contributed by atoms with van der Waals surface area (Å²) in [7, 11) is 1.24. The third kappa shape index (κ3) is 33.5. The summed E-state index contributed by atoms with van der Waals surface area (Å²) in [4.78, 5) is 25.1.